The summed E-state index contributed by atoms with van der Waals surface area (Å²) < 4.78 is 4.95. The topological polar surface area (TPSA) is 130 Å². The van der Waals surface area contributed by atoms with Gasteiger partial charge in [0.25, 0.3) is 0 Å². The van der Waals surface area contributed by atoms with Gasteiger partial charge in [0, 0.05) is 0 Å². The molecule has 0 aliphatic carbocycles. The van der Waals surface area contributed by atoms with Gasteiger partial charge < -0.3 is 21.1 Å². The Bertz CT molecular complexity index is 398. The molecule has 17 heavy (non-hydrogen) atoms. The number of urea groups is 1. The average Bonchev–Trinajstić information content (AvgIpc) is 2.20. The van der Waals surface area contributed by atoms with E-state index in [0.29, 0.717) is 11.3 Å². The van der Waals surface area contributed by atoms with Crippen LogP contribution in [0.15, 0.2) is 23.3 Å². The van der Waals surface area contributed by atoms with Gasteiger partial charge >= 0.3 is 28.8 Å². The van der Waals surface area contributed by atoms with Crippen LogP contribution >= 0.6 is 0 Å². The summed E-state index contributed by atoms with van der Waals surface area (Å²) in [4.78, 5) is 10.3. The number of para-hydroxylation sites is 1. The zero-order valence-electron chi connectivity index (χ0n) is 8.90. The molecule has 1 aromatic carbocycles. The van der Waals surface area contributed by atoms with Gasteiger partial charge in [0.15, 0.2) is 0 Å². The molecule has 0 spiro atoms. The minimum atomic E-state index is -0.749. The fraction of sp³-hybridized carbons (Fsp3) is 0.111. The van der Waals surface area contributed by atoms with E-state index in [-0.39, 0.29) is 28.3 Å². The summed E-state index contributed by atoms with van der Waals surface area (Å²) in [7, 11) is 1.48. The van der Waals surface area contributed by atoms with Crippen LogP contribution in [0.25, 0.3) is 0 Å². The van der Waals surface area contributed by atoms with Gasteiger partial charge in [0.05, 0.1) is 18.9 Å². The molecule has 0 aliphatic heterocycles. The minimum Gasteiger partial charge on any atom is -0.870 e. The maximum Gasteiger partial charge on any atom is 2.00 e. The van der Waals surface area contributed by atoms with Gasteiger partial charge in [-0.3, -0.25) is 0 Å². The number of nitrogens with zero attached hydrogens (tertiary/aromatic N) is 1. The van der Waals surface area contributed by atoms with E-state index >= 15 is 0 Å². The van der Waals surface area contributed by atoms with Crippen LogP contribution in [0.4, 0.5) is 4.79 Å². The van der Waals surface area contributed by atoms with Crippen molar-refractivity contribution in [2.75, 3.05) is 7.11 Å². The fourth-order valence-electron chi connectivity index (χ4n) is 0.991. The SMILES string of the molecule is COc1cccc(C=NNC(N)=O)c1[OH2+].[Cu+2].[OH-]. The summed E-state index contributed by atoms with van der Waals surface area (Å²) in [5, 5.41) is 11.2. The van der Waals surface area contributed by atoms with E-state index in [9.17, 15) is 4.79 Å². The molecule has 8 heteroatoms. The Balaban J connectivity index is 0. The number of nitrogens with one attached hydrogen (secondary N) is 1. The van der Waals surface area contributed by atoms with Crippen molar-refractivity contribution in [2.24, 2.45) is 10.8 Å². The molecule has 1 aromatic rings. The van der Waals surface area contributed by atoms with Crippen LogP contribution in [0.5, 0.6) is 11.5 Å². The molecule has 97 valence electrons. The predicted octanol–water partition coefficient (Wildman–Crippen LogP) is -0.0440. The molecule has 0 aliphatic rings. The number of ether oxygens (including phenoxy) is 1. The summed E-state index contributed by atoms with van der Waals surface area (Å²) >= 11 is 0. The number of benzene rings is 1. The van der Waals surface area contributed by atoms with Crippen LogP contribution in [-0.4, -0.2) is 29.9 Å². The first-order chi connectivity index (χ1) is 7.15. The molecule has 0 aromatic heterocycles. The molecule has 6 N–H and O–H groups in total. The second-order valence-electron chi connectivity index (χ2n) is 2.66. The van der Waals surface area contributed by atoms with E-state index in [1.54, 1.807) is 18.2 Å². The summed E-state index contributed by atoms with van der Waals surface area (Å²) in [6.07, 6.45) is 1.33. The van der Waals surface area contributed by atoms with E-state index in [1.165, 1.54) is 13.3 Å². The van der Waals surface area contributed by atoms with Crippen molar-refractivity contribution < 1.29 is 37.2 Å². The van der Waals surface area contributed by atoms with Crippen molar-refractivity contribution in [3.05, 3.63) is 23.8 Å². The van der Waals surface area contributed by atoms with Crippen LogP contribution < -0.4 is 15.9 Å². The first-order valence-electron chi connectivity index (χ1n) is 4.12. The smallest absolute Gasteiger partial charge is 0.870 e. The Morgan fingerprint density at radius 2 is 2.24 bits per heavy atom. The number of primary amides is 1. The number of hydrogen-bond acceptors (Lipinski definition) is 4. The Morgan fingerprint density at radius 1 is 1.59 bits per heavy atom. The van der Waals surface area contributed by atoms with Crippen molar-refractivity contribution in [3.63, 3.8) is 0 Å². The molecular formula is C9H13CuN3O4+2. The van der Waals surface area contributed by atoms with Gasteiger partial charge in [0.1, 0.15) is 0 Å². The molecule has 0 fully saturated rings. The number of hydrogen-bond donors (Lipinski definition) is 2. The molecular weight excluding hydrogens is 278 g/mol. The largest absolute Gasteiger partial charge is 2.00 e. The van der Waals surface area contributed by atoms with Gasteiger partial charge in [-0.25, -0.2) is 10.2 Å². The van der Waals surface area contributed by atoms with E-state index in [0.717, 1.165) is 0 Å². The monoisotopic (exact) mass is 290 g/mol. The number of nitrogens with two attached hydrogens (primary N) is 1. The van der Waals surface area contributed by atoms with Gasteiger partial charge in [0.2, 0.25) is 5.75 Å². The third kappa shape index (κ3) is 5.21. The zero-order chi connectivity index (χ0) is 11.3. The van der Waals surface area contributed by atoms with Crippen LogP contribution in [0, 0.1) is 0 Å². The van der Waals surface area contributed by atoms with Crippen LogP contribution in [0.3, 0.4) is 0 Å². The van der Waals surface area contributed by atoms with E-state index in [4.69, 9.17) is 15.6 Å². The summed E-state index contributed by atoms with van der Waals surface area (Å²) in [6, 6.07) is 4.32. The summed E-state index contributed by atoms with van der Waals surface area (Å²) in [6.45, 7) is 0. The number of carbonyl (C=O) groups excluding carboxylic acids is 1. The van der Waals surface area contributed by atoms with Gasteiger partial charge in [-0.1, -0.05) is 6.07 Å². The van der Waals surface area contributed by atoms with Crippen LogP contribution in [0.1, 0.15) is 5.56 Å². The third-order valence-electron chi connectivity index (χ3n) is 1.66. The Kier molecular flexibility index (Phi) is 8.71. The standard InChI is InChI=1S/C9H11N3O3.Cu.H2O/c1-15-7-4-2-3-6(8(7)13)5-11-12-9(10)14;;/h2-5,13H,1H3,(H3,10,12,14);;1H2/q;+2;. The molecule has 1 rings (SSSR count). The Hall–Kier alpha value is -1.76. The van der Waals surface area contributed by atoms with E-state index in [2.05, 4.69) is 5.10 Å². The Morgan fingerprint density at radius 3 is 2.76 bits per heavy atom. The molecule has 2 amide bonds. The molecule has 7 nitrogen and oxygen atoms in total. The number of methoxy groups -OCH3 is 1. The maximum absolute atomic E-state index is 10.3. The summed E-state index contributed by atoms with van der Waals surface area (Å²) in [5.74, 6) is 0.646. The van der Waals surface area contributed by atoms with Crippen molar-refractivity contribution in [1.29, 1.82) is 0 Å². The van der Waals surface area contributed by atoms with Crippen molar-refractivity contribution in [2.45, 2.75) is 0 Å². The van der Waals surface area contributed by atoms with E-state index in [1.807, 2.05) is 5.43 Å². The minimum absolute atomic E-state index is 0. The molecule has 1 radical (unpaired) electrons. The quantitative estimate of drug-likeness (QED) is 0.350. The molecule has 0 bridgehead atoms. The van der Waals surface area contributed by atoms with Crippen molar-refractivity contribution in [3.8, 4) is 11.5 Å². The summed E-state index contributed by atoms with van der Waals surface area (Å²) in [5.41, 5.74) is 7.39. The predicted molar refractivity (Wildman–Crippen MR) is 58.3 cm³/mol. The second-order valence-corrected chi connectivity index (χ2v) is 2.66. The van der Waals surface area contributed by atoms with Gasteiger partial charge in [-0.2, -0.15) is 5.10 Å². The fourth-order valence-corrected chi connectivity index (χ4v) is 0.991. The second kappa shape index (κ2) is 8.40. The van der Waals surface area contributed by atoms with E-state index < -0.39 is 6.03 Å². The average molecular weight is 291 g/mol. The third-order valence-corrected chi connectivity index (χ3v) is 1.66. The van der Waals surface area contributed by atoms with Gasteiger partial charge in [-0.15, -0.1) is 0 Å². The first-order valence-corrected chi connectivity index (χ1v) is 4.12. The number of hydrazone groups is 1. The number of rotatable bonds is 3. The number of carbonyl (C=O) groups is 1. The maximum atomic E-state index is 10.3. The number of amides is 2. The van der Waals surface area contributed by atoms with Crippen molar-refractivity contribution in [1.82, 2.24) is 5.43 Å². The normalized spacial score (nSPS) is 9.00. The van der Waals surface area contributed by atoms with Crippen LogP contribution in [0.2, 0.25) is 0 Å². The zero-order valence-corrected chi connectivity index (χ0v) is 9.84. The molecule has 0 unspecified atom stereocenters. The first kappa shape index (κ1) is 17.6. The molecule has 0 saturated heterocycles. The Labute approximate surface area is 108 Å². The molecule has 0 heterocycles. The molecule has 0 atom stereocenters. The van der Waals surface area contributed by atoms with Crippen molar-refractivity contribution >= 4 is 12.2 Å². The van der Waals surface area contributed by atoms with Crippen LogP contribution in [-0.2, 0) is 17.1 Å². The van der Waals surface area contributed by atoms with Gasteiger partial charge in [-0.05, 0) is 12.1 Å². The molecule has 0 saturated carbocycles.